The lowest BCUT2D eigenvalue weighted by Gasteiger charge is -1.99. The zero-order chi connectivity index (χ0) is 11.5. The summed E-state index contributed by atoms with van der Waals surface area (Å²) in [5.74, 6) is 0. The summed E-state index contributed by atoms with van der Waals surface area (Å²) in [6, 6.07) is 9.38. The number of aliphatic hydroxyl groups is 1. The molecule has 1 aromatic carbocycles. The first-order valence-electron chi connectivity index (χ1n) is 4.83. The highest BCUT2D eigenvalue weighted by atomic mass is 16.4. The van der Waals surface area contributed by atoms with E-state index in [2.05, 4.69) is 0 Å². The van der Waals surface area contributed by atoms with Crippen LogP contribution in [0.5, 0.6) is 0 Å². The fourth-order valence-electron chi connectivity index (χ4n) is 1.61. The monoisotopic (exact) mass is 217 g/mol. The van der Waals surface area contributed by atoms with E-state index in [-0.39, 0.29) is 6.61 Å². The lowest BCUT2D eigenvalue weighted by Crippen LogP contribution is -2.03. The van der Waals surface area contributed by atoms with Crippen molar-refractivity contribution in [3.63, 3.8) is 0 Å². The largest absolute Gasteiger partial charge is 0.464 e. The first kappa shape index (κ1) is 10.4. The van der Waals surface area contributed by atoms with Crippen LogP contribution in [-0.2, 0) is 6.61 Å². The van der Waals surface area contributed by atoms with Crippen LogP contribution in [0.3, 0.4) is 0 Å². The van der Waals surface area contributed by atoms with Crippen LogP contribution in [0.2, 0.25) is 0 Å². The fraction of sp³-hybridized carbons (Fsp3) is 0.0833. The van der Waals surface area contributed by atoms with Gasteiger partial charge < -0.3 is 10.2 Å². The van der Waals surface area contributed by atoms with E-state index in [9.17, 15) is 4.79 Å². The number of carboxylic acid groups (broad SMARTS) is 1. The first-order chi connectivity index (χ1) is 7.72. The molecule has 4 nitrogen and oxygen atoms in total. The van der Waals surface area contributed by atoms with Gasteiger partial charge in [0.15, 0.2) is 0 Å². The Kier molecular flexibility index (Phi) is 2.74. The predicted octanol–water partition coefficient (Wildman–Crippen LogP) is 2.17. The molecular formula is C12H11NO3. The van der Waals surface area contributed by atoms with E-state index >= 15 is 0 Å². The van der Waals surface area contributed by atoms with Crippen molar-refractivity contribution in [2.45, 2.75) is 6.61 Å². The molecule has 0 fully saturated rings. The molecule has 0 saturated heterocycles. The minimum Gasteiger partial charge on any atom is -0.464 e. The van der Waals surface area contributed by atoms with Gasteiger partial charge in [0, 0.05) is 23.5 Å². The van der Waals surface area contributed by atoms with E-state index in [0.717, 1.165) is 15.7 Å². The third kappa shape index (κ3) is 1.83. The van der Waals surface area contributed by atoms with Crippen molar-refractivity contribution in [1.82, 2.24) is 4.57 Å². The van der Waals surface area contributed by atoms with E-state index in [1.807, 2.05) is 30.3 Å². The van der Waals surface area contributed by atoms with Crippen molar-refractivity contribution in [1.29, 1.82) is 0 Å². The molecule has 0 amide bonds. The lowest BCUT2D eigenvalue weighted by atomic mass is 10.1. The molecule has 0 saturated carbocycles. The summed E-state index contributed by atoms with van der Waals surface area (Å²) >= 11 is 0. The molecule has 4 heteroatoms. The van der Waals surface area contributed by atoms with Gasteiger partial charge in [0.2, 0.25) is 0 Å². The van der Waals surface area contributed by atoms with Gasteiger partial charge in [0.25, 0.3) is 0 Å². The highest BCUT2D eigenvalue weighted by Crippen LogP contribution is 2.24. The lowest BCUT2D eigenvalue weighted by molar-refractivity contribution is 0.196. The normalized spacial score (nSPS) is 10.3. The summed E-state index contributed by atoms with van der Waals surface area (Å²) < 4.78 is 1.05. The van der Waals surface area contributed by atoms with Crippen LogP contribution in [0.15, 0.2) is 42.7 Å². The van der Waals surface area contributed by atoms with E-state index in [1.54, 1.807) is 0 Å². The Morgan fingerprint density at radius 1 is 1.19 bits per heavy atom. The Bertz CT molecular complexity index is 502. The SMILES string of the molecule is O=C(O)n1cc(CO)c(-c2ccccc2)c1. The van der Waals surface area contributed by atoms with Crippen LogP contribution in [0, 0.1) is 0 Å². The van der Waals surface area contributed by atoms with Gasteiger partial charge in [-0.3, -0.25) is 4.57 Å². The van der Waals surface area contributed by atoms with Gasteiger partial charge in [-0.05, 0) is 5.56 Å². The molecule has 1 heterocycles. The zero-order valence-corrected chi connectivity index (χ0v) is 8.50. The minimum absolute atomic E-state index is 0.176. The van der Waals surface area contributed by atoms with E-state index < -0.39 is 6.09 Å². The van der Waals surface area contributed by atoms with E-state index in [1.165, 1.54) is 12.4 Å². The van der Waals surface area contributed by atoms with Crippen molar-refractivity contribution < 1.29 is 15.0 Å². The second kappa shape index (κ2) is 4.20. The summed E-state index contributed by atoms with van der Waals surface area (Å²) in [7, 11) is 0. The van der Waals surface area contributed by atoms with Crippen LogP contribution in [0.1, 0.15) is 5.56 Å². The maximum Gasteiger partial charge on any atom is 0.415 e. The molecule has 0 aliphatic carbocycles. The molecular weight excluding hydrogens is 206 g/mol. The standard InChI is InChI=1S/C12H11NO3/c14-8-10-6-13(12(15)16)7-11(10)9-4-2-1-3-5-9/h1-7,14H,8H2,(H,15,16). The van der Waals surface area contributed by atoms with Gasteiger partial charge in [-0.25, -0.2) is 4.79 Å². The second-order valence-electron chi connectivity index (χ2n) is 3.41. The maximum absolute atomic E-state index is 10.8. The van der Waals surface area contributed by atoms with E-state index in [4.69, 9.17) is 10.2 Å². The van der Waals surface area contributed by atoms with Gasteiger partial charge in [0.05, 0.1) is 6.61 Å². The van der Waals surface area contributed by atoms with Gasteiger partial charge >= 0.3 is 6.09 Å². The summed E-state index contributed by atoms with van der Waals surface area (Å²) in [5.41, 5.74) is 2.24. The number of aliphatic hydroxyl groups excluding tert-OH is 1. The number of rotatable bonds is 2. The Morgan fingerprint density at radius 2 is 1.88 bits per heavy atom. The van der Waals surface area contributed by atoms with Gasteiger partial charge in [-0.2, -0.15) is 0 Å². The number of benzene rings is 1. The van der Waals surface area contributed by atoms with Crippen molar-refractivity contribution in [2.24, 2.45) is 0 Å². The molecule has 1 aromatic heterocycles. The van der Waals surface area contributed by atoms with E-state index in [0.29, 0.717) is 5.56 Å². The Morgan fingerprint density at radius 3 is 2.44 bits per heavy atom. The van der Waals surface area contributed by atoms with Crippen LogP contribution in [0.25, 0.3) is 11.1 Å². The Hall–Kier alpha value is -2.07. The summed E-state index contributed by atoms with van der Waals surface area (Å²) in [6.45, 7) is -0.176. The third-order valence-corrected chi connectivity index (χ3v) is 2.39. The molecule has 0 radical (unpaired) electrons. The van der Waals surface area contributed by atoms with Gasteiger partial charge in [0.1, 0.15) is 0 Å². The number of nitrogens with zero attached hydrogens (tertiary/aromatic N) is 1. The first-order valence-corrected chi connectivity index (χ1v) is 4.83. The molecule has 16 heavy (non-hydrogen) atoms. The molecule has 2 aromatic rings. The fourth-order valence-corrected chi connectivity index (χ4v) is 1.61. The number of hydrogen-bond acceptors (Lipinski definition) is 2. The smallest absolute Gasteiger partial charge is 0.415 e. The third-order valence-electron chi connectivity index (χ3n) is 2.39. The molecule has 2 rings (SSSR count). The van der Waals surface area contributed by atoms with Crippen LogP contribution in [0.4, 0.5) is 4.79 Å². The second-order valence-corrected chi connectivity index (χ2v) is 3.41. The summed E-state index contributed by atoms with van der Waals surface area (Å²) in [4.78, 5) is 10.8. The molecule has 0 unspecified atom stereocenters. The maximum atomic E-state index is 10.8. The highest BCUT2D eigenvalue weighted by molar-refractivity contribution is 5.74. The van der Waals surface area contributed by atoms with Crippen molar-refractivity contribution in [3.8, 4) is 11.1 Å². The molecule has 82 valence electrons. The predicted molar refractivity (Wildman–Crippen MR) is 59.2 cm³/mol. The molecule has 0 atom stereocenters. The van der Waals surface area contributed by atoms with Crippen LogP contribution in [-0.4, -0.2) is 20.9 Å². The summed E-state index contributed by atoms with van der Waals surface area (Å²) in [5, 5.41) is 18.0. The molecule has 2 N–H and O–H groups in total. The summed E-state index contributed by atoms with van der Waals surface area (Å²) in [6.07, 6.45) is 1.87. The Labute approximate surface area is 92.4 Å². The molecule has 0 aliphatic heterocycles. The van der Waals surface area contributed by atoms with Gasteiger partial charge in [-0.1, -0.05) is 30.3 Å². The minimum atomic E-state index is -1.06. The highest BCUT2D eigenvalue weighted by Gasteiger charge is 2.10. The molecule has 0 bridgehead atoms. The average Bonchev–Trinajstić information content (AvgIpc) is 2.74. The molecule has 0 aliphatic rings. The number of hydrogen-bond donors (Lipinski definition) is 2. The zero-order valence-electron chi connectivity index (χ0n) is 8.50. The van der Waals surface area contributed by atoms with Crippen LogP contribution >= 0.6 is 0 Å². The molecule has 0 spiro atoms. The average molecular weight is 217 g/mol. The van der Waals surface area contributed by atoms with Crippen molar-refractivity contribution >= 4 is 6.09 Å². The number of aromatic nitrogens is 1. The quantitative estimate of drug-likeness (QED) is 0.810. The topological polar surface area (TPSA) is 62.5 Å². The van der Waals surface area contributed by atoms with Crippen molar-refractivity contribution in [2.75, 3.05) is 0 Å². The van der Waals surface area contributed by atoms with Crippen molar-refractivity contribution in [3.05, 3.63) is 48.3 Å². The van der Waals surface area contributed by atoms with Gasteiger partial charge in [-0.15, -0.1) is 0 Å². The van der Waals surface area contributed by atoms with Crippen LogP contribution < -0.4 is 0 Å². The Balaban J connectivity index is 2.52. The number of carbonyl (C=O) groups is 1.